The molecule has 2 heterocycles. The van der Waals surface area contributed by atoms with Gasteiger partial charge in [-0.3, -0.25) is 4.79 Å². The molecule has 0 saturated heterocycles. The van der Waals surface area contributed by atoms with Gasteiger partial charge in [0.1, 0.15) is 17.6 Å². The van der Waals surface area contributed by atoms with E-state index in [1.165, 1.54) is 5.01 Å². The number of hydrogen-bond donors (Lipinski definition) is 1. The van der Waals surface area contributed by atoms with Crippen molar-refractivity contribution in [1.29, 1.82) is 0 Å². The summed E-state index contributed by atoms with van der Waals surface area (Å²) in [7, 11) is 1.62. The van der Waals surface area contributed by atoms with Gasteiger partial charge in [-0.1, -0.05) is 0 Å². The first kappa shape index (κ1) is 22.1. The third kappa shape index (κ3) is 5.06. The molecule has 1 unspecified atom stereocenters. The predicted molar refractivity (Wildman–Crippen MR) is 123 cm³/mol. The molecule has 1 N–H and O–H groups in total. The number of esters is 1. The fourth-order valence-corrected chi connectivity index (χ4v) is 3.60. The molecule has 2 aromatic carbocycles. The summed E-state index contributed by atoms with van der Waals surface area (Å²) in [5.74, 6) is 0.855. The summed E-state index contributed by atoms with van der Waals surface area (Å²) >= 11 is 0. The molecule has 0 spiro atoms. The molecule has 1 aliphatic heterocycles. The van der Waals surface area contributed by atoms with Gasteiger partial charge in [0, 0.05) is 12.1 Å². The molecular weight excluding hydrogens is 422 g/mol. The lowest BCUT2D eigenvalue weighted by molar-refractivity contribution is -0.131. The average molecular weight is 447 g/mol. The van der Waals surface area contributed by atoms with Gasteiger partial charge < -0.3 is 19.2 Å². The van der Waals surface area contributed by atoms with Gasteiger partial charge >= 0.3 is 5.97 Å². The van der Waals surface area contributed by atoms with Gasteiger partial charge in [-0.15, -0.1) is 0 Å². The number of furan rings is 1. The van der Waals surface area contributed by atoms with E-state index < -0.39 is 0 Å². The zero-order valence-electron chi connectivity index (χ0n) is 18.5. The number of rotatable bonds is 8. The van der Waals surface area contributed by atoms with Gasteiger partial charge in [-0.25, -0.2) is 9.80 Å². The van der Waals surface area contributed by atoms with Crippen LogP contribution in [0.1, 0.15) is 41.1 Å². The number of nitrogens with zero attached hydrogens (tertiary/aromatic N) is 2. The minimum Gasteiger partial charge on any atom is -0.497 e. The van der Waals surface area contributed by atoms with Crippen LogP contribution in [0.25, 0.3) is 0 Å². The van der Waals surface area contributed by atoms with Crippen LogP contribution >= 0.6 is 0 Å². The number of hydrogen-bond acceptors (Lipinski definition) is 7. The largest absolute Gasteiger partial charge is 0.497 e. The van der Waals surface area contributed by atoms with Crippen molar-refractivity contribution in [3.63, 3.8) is 0 Å². The summed E-state index contributed by atoms with van der Waals surface area (Å²) in [6, 6.07) is 17.7. The first-order chi connectivity index (χ1) is 16.1. The fraction of sp³-hybridized carbons (Fsp3) is 0.240. The lowest BCUT2D eigenvalue weighted by Gasteiger charge is -2.20. The van der Waals surface area contributed by atoms with Crippen molar-refractivity contribution in [3.8, 4) is 5.75 Å². The van der Waals surface area contributed by atoms with Crippen LogP contribution in [-0.2, 0) is 9.53 Å². The molecule has 8 heteroatoms. The summed E-state index contributed by atoms with van der Waals surface area (Å²) in [4.78, 5) is 24.9. The molecular formula is C25H25N3O5. The van der Waals surface area contributed by atoms with Gasteiger partial charge in [0.25, 0.3) is 5.91 Å². The Bertz CT molecular complexity index is 1120. The van der Waals surface area contributed by atoms with Crippen molar-refractivity contribution >= 4 is 23.3 Å². The average Bonchev–Trinajstić information content (AvgIpc) is 3.53. The van der Waals surface area contributed by atoms with E-state index >= 15 is 0 Å². The number of anilines is 1. The highest BCUT2D eigenvalue weighted by molar-refractivity contribution is 6.03. The molecule has 0 fully saturated rings. The van der Waals surface area contributed by atoms with E-state index in [9.17, 15) is 9.59 Å². The Hall–Kier alpha value is -4.07. The zero-order valence-corrected chi connectivity index (χ0v) is 18.5. The summed E-state index contributed by atoms with van der Waals surface area (Å²) in [5.41, 5.74) is 2.89. The van der Waals surface area contributed by atoms with Crippen molar-refractivity contribution < 1.29 is 23.5 Å². The topological polar surface area (TPSA) is 93.4 Å². The Morgan fingerprint density at radius 2 is 1.88 bits per heavy atom. The summed E-state index contributed by atoms with van der Waals surface area (Å²) in [6.07, 6.45) is 2.13. The minimum absolute atomic E-state index is 0.0371. The van der Waals surface area contributed by atoms with E-state index in [2.05, 4.69) is 10.4 Å². The molecule has 1 aliphatic rings. The number of nitrogens with one attached hydrogen (secondary N) is 1. The van der Waals surface area contributed by atoms with Crippen LogP contribution in [0.5, 0.6) is 5.75 Å². The van der Waals surface area contributed by atoms with Crippen molar-refractivity contribution in [3.05, 3.63) is 83.8 Å². The van der Waals surface area contributed by atoms with Gasteiger partial charge in [-0.2, -0.15) is 5.10 Å². The first-order valence-corrected chi connectivity index (χ1v) is 10.7. The number of carbonyl (C=O) groups excluding carboxylic acids is 2. The Morgan fingerprint density at radius 1 is 1.12 bits per heavy atom. The maximum absolute atomic E-state index is 13.1. The second kappa shape index (κ2) is 10.0. The van der Waals surface area contributed by atoms with E-state index in [-0.39, 0.29) is 24.5 Å². The number of hydrazone groups is 1. The number of ether oxygens (including phenoxy) is 2. The molecule has 1 aromatic heterocycles. The lowest BCUT2D eigenvalue weighted by Crippen LogP contribution is -2.32. The fourth-order valence-electron chi connectivity index (χ4n) is 3.60. The first-order valence-electron chi connectivity index (χ1n) is 10.7. The van der Waals surface area contributed by atoms with Crippen LogP contribution in [0.3, 0.4) is 0 Å². The van der Waals surface area contributed by atoms with Gasteiger partial charge in [0.15, 0.2) is 0 Å². The van der Waals surface area contributed by atoms with Crippen LogP contribution in [0, 0.1) is 0 Å². The molecule has 3 aromatic rings. The maximum atomic E-state index is 13.1. The quantitative estimate of drug-likeness (QED) is 0.519. The standard InChI is InChI=1S/C25H25N3O5/c1-3-32-25(30)18-6-10-19(11-7-18)26-16-24(29)28-22(23-5-4-14-33-23)15-21(27-28)17-8-12-20(31-2)13-9-17/h4-14,22,26H,3,15-16H2,1-2H3. The van der Waals surface area contributed by atoms with Crippen molar-refractivity contribution in [2.24, 2.45) is 5.10 Å². The van der Waals surface area contributed by atoms with Crippen LogP contribution in [0.15, 0.2) is 76.4 Å². The van der Waals surface area contributed by atoms with Gasteiger partial charge in [0.2, 0.25) is 0 Å². The highest BCUT2D eigenvalue weighted by atomic mass is 16.5. The van der Waals surface area contributed by atoms with E-state index in [4.69, 9.17) is 13.9 Å². The van der Waals surface area contributed by atoms with Crippen molar-refractivity contribution in [1.82, 2.24) is 5.01 Å². The van der Waals surface area contributed by atoms with Gasteiger partial charge in [-0.05, 0) is 73.2 Å². The van der Waals surface area contributed by atoms with E-state index in [1.54, 1.807) is 50.6 Å². The summed E-state index contributed by atoms with van der Waals surface area (Å²) in [5, 5.41) is 9.19. The van der Waals surface area contributed by atoms with Crippen LogP contribution in [0.2, 0.25) is 0 Å². The Kier molecular flexibility index (Phi) is 6.73. The number of amides is 1. The second-order valence-electron chi connectivity index (χ2n) is 7.40. The third-order valence-corrected chi connectivity index (χ3v) is 5.30. The molecule has 0 bridgehead atoms. The van der Waals surface area contributed by atoms with Crippen molar-refractivity contribution in [2.45, 2.75) is 19.4 Å². The van der Waals surface area contributed by atoms with Crippen LogP contribution in [0.4, 0.5) is 5.69 Å². The van der Waals surface area contributed by atoms with E-state index in [0.29, 0.717) is 30.0 Å². The summed E-state index contributed by atoms with van der Waals surface area (Å²) < 4.78 is 15.8. The third-order valence-electron chi connectivity index (χ3n) is 5.30. The number of carbonyl (C=O) groups is 2. The zero-order chi connectivity index (χ0) is 23.2. The highest BCUT2D eigenvalue weighted by Gasteiger charge is 2.34. The molecule has 0 radical (unpaired) electrons. The van der Waals surface area contributed by atoms with E-state index in [0.717, 1.165) is 17.0 Å². The van der Waals surface area contributed by atoms with Crippen LogP contribution < -0.4 is 10.1 Å². The van der Waals surface area contributed by atoms with Crippen LogP contribution in [-0.4, -0.2) is 42.9 Å². The lowest BCUT2D eigenvalue weighted by atomic mass is 10.0. The predicted octanol–water partition coefficient (Wildman–Crippen LogP) is 4.25. The number of methoxy groups -OCH3 is 1. The molecule has 170 valence electrons. The molecule has 0 saturated carbocycles. The Labute approximate surface area is 191 Å². The molecule has 8 nitrogen and oxygen atoms in total. The molecule has 1 atom stereocenters. The maximum Gasteiger partial charge on any atom is 0.338 e. The number of benzene rings is 2. The SMILES string of the molecule is CCOC(=O)c1ccc(NCC(=O)N2N=C(c3ccc(OC)cc3)CC2c2ccco2)cc1. The molecule has 33 heavy (non-hydrogen) atoms. The molecule has 4 rings (SSSR count). The Balaban J connectivity index is 1.47. The smallest absolute Gasteiger partial charge is 0.338 e. The second-order valence-corrected chi connectivity index (χ2v) is 7.40. The normalized spacial score (nSPS) is 15.2. The van der Waals surface area contributed by atoms with E-state index in [1.807, 2.05) is 30.3 Å². The Morgan fingerprint density at radius 3 is 2.52 bits per heavy atom. The molecule has 0 aliphatic carbocycles. The monoisotopic (exact) mass is 447 g/mol. The van der Waals surface area contributed by atoms with Crippen molar-refractivity contribution in [2.75, 3.05) is 25.6 Å². The van der Waals surface area contributed by atoms with Gasteiger partial charge in [0.05, 0.1) is 37.8 Å². The minimum atomic E-state index is -0.376. The molecule has 1 amide bonds. The highest BCUT2D eigenvalue weighted by Crippen LogP contribution is 2.33. The summed E-state index contributed by atoms with van der Waals surface area (Å²) in [6.45, 7) is 2.12.